The summed E-state index contributed by atoms with van der Waals surface area (Å²) in [5.74, 6) is 0.330. The smallest absolute Gasteiger partial charge is 0.230 e. The van der Waals surface area contributed by atoms with Crippen LogP contribution in [0, 0.1) is 5.41 Å². The predicted octanol–water partition coefficient (Wildman–Crippen LogP) is 1.45. The zero-order valence-electron chi connectivity index (χ0n) is 12.5. The second-order valence-corrected chi connectivity index (χ2v) is 6.28. The van der Waals surface area contributed by atoms with Gasteiger partial charge in [-0.1, -0.05) is 19.8 Å². The SMILES string of the molecule is CCC(C)N1CCN(C(=O)C2(CN)CCCC2)CC1. The van der Waals surface area contributed by atoms with Gasteiger partial charge in [0.25, 0.3) is 0 Å². The van der Waals surface area contributed by atoms with E-state index in [4.69, 9.17) is 5.73 Å². The maximum absolute atomic E-state index is 12.7. The van der Waals surface area contributed by atoms with Gasteiger partial charge >= 0.3 is 0 Å². The molecule has 1 aliphatic carbocycles. The first-order chi connectivity index (χ1) is 9.13. The van der Waals surface area contributed by atoms with Crippen LogP contribution < -0.4 is 5.73 Å². The monoisotopic (exact) mass is 267 g/mol. The van der Waals surface area contributed by atoms with Crippen LogP contribution in [0.4, 0.5) is 0 Å². The Labute approximate surface area is 117 Å². The minimum absolute atomic E-state index is 0.224. The first-order valence-electron chi connectivity index (χ1n) is 7.86. The summed E-state index contributed by atoms with van der Waals surface area (Å²) in [6.45, 7) is 8.82. The molecule has 1 unspecified atom stereocenters. The number of amides is 1. The summed E-state index contributed by atoms with van der Waals surface area (Å²) in [4.78, 5) is 17.3. The molecule has 1 saturated carbocycles. The molecule has 1 amide bonds. The molecule has 1 saturated heterocycles. The molecule has 1 heterocycles. The van der Waals surface area contributed by atoms with Gasteiger partial charge in [0.05, 0.1) is 5.41 Å². The minimum Gasteiger partial charge on any atom is -0.340 e. The molecule has 2 N–H and O–H groups in total. The molecule has 19 heavy (non-hydrogen) atoms. The van der Waals surface area contributed by atoms with Crippen molar-refractivity contribution < 1.29 is 4.79 Å². The largest absolute Gasteiger partial charge is 0.340 e. The average Bonchev–Trinajstić information content (AvgIpc) is 2.96. The molecule has 4 heteroatoms. The van der Waals surface area contributed by atoms with E-state index >= 15 is 0 Å². The van der Waals surface area contributed by atoms with Gasteiger partial charge < -0.3 is 10.6 Å². The van der Waals surface area contributed by atoms with Gasteiger partial charge in [-0.25, -0.2) is 0 Å². The van der Waals surface area contributed by atoms with Crippen LogP contribution in [0.3, 0.4) is 0 Å². The molecule has 2 aliphatic rings. The van der Waals surface area contributed by atoms with Crippen molar-refractivity contribution >= 4 is 5.91 Å². The van der Waals surface area contributed by atoms with Gasteiger partial charge in [-0.2, -0.15) is 0 Å². The van der Waals surface area contributed by atoms with Gasteiger partial charge in [0, 0.05) is 38.8 Å². The summed E-state index contributed by atoms with van der Waals surface area (Å²) in [6, 6.07) is 0.632. The van der Waals surface area contributed by atoms with E-state index in [-0.39, 0.29) is 5.41 Å². The van der Waals surface area contributed by atoms with Gasteiger partial charge in [0.15, 0.2) is 0 Å². The second-order valence-electron chi connectivity index (χ2n) is 6.28. The normalized spacial score (nSPS) is 25.5. The van der Waals surface area contributed by atoms with E-state index in [1.165, 1.54) is 6.42 Å². The summed E-state index contributed by atoms with van der Waals surface area (Å²) in [5.41, 5.74) is 5.69. The molecule has 2 rings (SSSR count). The predicted molar refractivity (Wildman–Crippen MR) is 77.9 cm³/mol. The van der Waals surface area contributed by atoms with Crippen molar-refractivity contribution in [3.63, 3.8) is 0 Å². The van der Waals surface area contributed by atoms with Crippen LogP contribution in [0.5, 0.6) is 0 Å². The number of hydrogen-bond acceptors (Lipinski definition) is 3. The van der Waals surface area contributed by atoms with Crippen molar-refractivity contribution in [3.05, 3.63) is 0 Å². The maximum atomic E-state index is 12.7. The van der Waals surface area contributed by atoms with Gasteiger partial charge in [-0.05, 0) is 26.2 Å². The van der Waals surface area contributed by atoms with Crippen LogP contribution in [0.2, 0.25) is 0 Å². The number of nitrogens with two attached hydrogens (primary N) is 1. The number of carbonyl (C=O) groups excluding carboxylic acids is 1. The Bertz CT molecular complexity index is 305. The van der Waals surface area contributed by atoms with Crippen LogP contribution in [0.15, 0.2) is 0 Å². The molecular weight excluding hydrogens is 238 g/mol. The lowest BCUT2D eigenvalue weighted by molar-refractivity contribution is -0.143. The summed E-state index contributed by atoms with van der Waals surface area (Å²) in [5, 5.41) is 0. The summed E-state index contributed by atoms with van der Waals surface area (Å²) in [6.07, 6.45) is 5.49. The van der Waals surface area contributed by atoms with E-state index < -0.39 is 0 Å². The van der Waals surface area contributed by atoms with Gasteiger partial charge in [-0.3, -0.25) is 9.69 Å². The van der Waals surface area contributed by atoms with Crippen molar-refractivity contribution in [2.24, 2.45) is 11.1 Å². The van der Waals surface area contributed by atoms with Crippen molar-refractivity contribution in [2.45, 2.75) is 52.0 Å². The Kier molecular flexibility index (Phi) is 4.85. The van der Waals surface area contributed by atoms with Gasteiger partial charge in [0.2, 0.25) is 5.91 Å². The van der Waals surface area contributed by atoms with Crippen LogP contribution in [-0.2, 0) is 4.79 Å². The van der Waals surface area contributed by atoms with E-state index in [1.807, 2.05) is 0 Å². The van der Waals surface area contributed by atoms with Crippen molar-refractivity contribution in [1.82, 2.24) is 9.80 Å². The third kappa shape index (κ3) is 2.95. The highest BCUT2D eigenvalue weighted by molar-refractivity contribution is 5.83. The van der Waals surface area contributed by atoms with Gasteiger partial charge in [0.1, 0.15) is 0 Å². The Hall–Kier alpha value is -0.610. The Balaban J connectivity index is 1.92. The fraction of sp³-hybridized carbons (Fsp3) is 0.933. The topological polar surface area (TPSA) is 49.6 Å². The molecular formula is C15H29N3O. The van der Waals surface area contributed by atoms with E-state index in [0.717, 1.165) is 51.9 Å². The third-order valence-corrected chi connectivity index (χ3v) is 5.22. The molecule has 0 bridgehead atoms. The standard InChI is InChI=1S/C15H29N3O/c1-3-13(2)17-8-10-18(11-9-17)14(19)15(12-16)6-4-5-7-15/h13H,3-12,16H2,1-2H3. The quantitative estimate of drug-likeness (QED) is 0.838. The van der Waals surface area contributed by atoms with Crippen LogP contribution in [0.25, 0.3) is 0 Å². The van der Waals surface area contributed by atoms with Crippen LogP contribution in [0.1, 0.15) is 46.0 Å². The van der Waals surface area contributed by atoms with Gasteiger partial charge in [-0.15, -0.1) is 0 Å². The molecule has 110 valence electrons. The molecule has 2 fully saturated rings. The lowest BCUT2D eigenvalue weighted by Gasteiger charge is -2.41. The second kappa shape index (κ2) is 6.23. The van der Waals surface area contributed by atoms with Crippen LogP contribution in [-0.4, -0.2) is 54.5 Å². The number of rotatable bonds is 4. The molecule has 0 aromatic rings. The average molecular weight is 267 g/mol. The number of piperazine rings is 1. The zero-order valence-corrected chi connectivity index (χ0v) is 12.5. The molecule has 0 spiro atoms. The van der Waals surface area contributed by atoms with E-state index in [1.54, 1.807) is 0 Å². The molecule has 0 aromatic carbocycles. The lowest BCUT2D eigenvalue weighted by Crippen LogP contribution is -2.55. The van der Waals surface area contributed by atoms with Crippen molar-refractivity contribution in [2.75, 3.05) is 32.7 Å². The highest BCUT2D eigenvalue weighted by Crippen LogP contribution is 2.39. The summed E-state index contributed by atoms with van der Waals surface area (Å²) >= 11 is 0. The van der Waals surface area contributed by atoms with Crippen molar-refractivity contribution in [1.29, 1.82) is 0 Å². The Morgan fingerprint density at radius 3 is 2.26 bits per heavy atom. The number of hydrogen-bond donors (Lipinski definition) is 1. The first-order valence-corrected chi connectivity index (χ1v) is 7.86. The number of carbonyl (C=O) groups is 1. The lowest BCUT2D eigenvalue weighted by atomic mass is 9.84. The highest BCUT2D eigenvalue weighted by atomic mass is 16.2. The summed E-state index contributed by atoms with van der Waals surface area (Å²) in [7, 11) is 0. The molecule has 1 aliphatic heterocycles. The molecule has 1 atom stereocenters. The van der Waals surface area contributed by atoms with Crippen LogP contribution >= 0.6 is 0 Å². The Morgan fingerprint density at radius 2 is 1.79 bits per heavy atom. The maximum Gasteiger partial charge on any atom is 0.230 e. The van der Waals surface area contributed by atoms with E-state index in [0.29, 0.717) is 18.5 Å². The third-order valence-electron chi connectivity index (χ3n) is 5.22. The molecule has 0 radical (unpaired) electrons. The number of nitrogens with zero attached hydrogens (tertiary/aromatic N) is 2. The van der Waals surface area contributed by atoms with E-state index in [2.05, 4.69) is 23.6 Å². The summed E-state index contributed by atoms with van der Waals surface area (Å²) < 4.78 is 0. The highest BCUT2D eigenvalue weighted by Gasteiger charge is 2.42. The fourth-order valence-electron chi connectivity index (χ4n) is 3.52. The minimum atomic E-state index is -0.224. The van der Waals surface area contributed by atoms with E-state index in [9.17, 15) is 4.79 Å². The molecule has 0 aromatic heterocycles. The van der Waals surface area contributed by atoms with Crippen molar-refractivity contribution in [3.8, 4) is 0 Å². The fourth-order valence-corrected chi connectivity index (χ4v) is 3.52. The molecule has 4 nitrogen and oxygen atoms in total. The zero-order chi connectivity index (χ0) is 13.9. The Morgan fingerprint density at radius 1 is 1.21 bits per heavy atom. The first kappa shape index (κ1) is 14.8.